The van der Waals surface area contributed by atoms with Crippen LogP contribution in [0.1, 0.15) is 49.8 Å². The van der Waals surface area contributed by atoms with Crippen LogP contribution in [0.15, 0.2) is 12.1 Å². The molecule has 0 amide bonds. The maximum Gasteiger partial charge on any atom is 0.130 e. The maximum absolute atomic E-state index is 9.11. The monoisotopic (exact) mass is 255 g/mol. The van der Waals surface area contributed by atoms with Crippen LogP contribution in [0.5, 0.6) is 0 Å². The Morgan fingerprint density at radius 1 is 1.21 bits per heavy atom. The lowest BCUT2D eigenvalue weighted by molar-refractivity contribution is 0.429. The van der Waals surface area contributed by atoms with Crippen molar-refractivity contribution in [1.82, 2.24) is 4.98 Å². The molecule has 0 aromatic carbocycles. The lowest BCUT2D eigenvalue weighted by Crippen LogP contribution is -2.35. The quantitative estimate of drug-likeness (QED) is 0.813. The van der Waals surface area contributed by atoms with Gasteiger partial charge in [-0.2, -0.15) is 5.26 Å². The van der Waals surface area contributed by atoms with Crippen molar-refractivity contribution in [2.45, 2.75) is 51.5 Å². The zero-order chi connectivity index (χ0) is 13.2. The molecule has 0 N–H and O–H groups in total. The van der Waals surface area contributed by atoms with Crippen molar-refractivity contribution in [2.75, 3.05) is 11.4 Å². The van der Waals surface area contributed by atoms with Gasteiger partial charge in [0.1, 0.15) is 5.82 Å². The van der Waals surface area contributed by atoms with Crippen LogP contribution in [-0.2, 0) is 0 Å². The summed E-state index contributed by atoms with van der Waals surface area (Å²) in [6.07, 6.45) is 8.08. The van der Waals surface area contributed by atoms with E-state index in [-0.39, 0.29) is 0 Å². The van der Waals surface area contributed by atoms with Crippen molar-refractivity contribution in [3.05, 3.63) is 23.4 Å². The van der Waals surface area contributed by atoms with Gasteiger partial charge >= 0.3 is 0 Å². The zero-order valence-corrected chi connectivity index (χ0v) is 11.6. The molecule has 1 unspecified atom stereocenters. The molecule has 1 aromatic rings. The van der Waals surface area contributed by atoms with Gasteiger partial charge in [-0.15, -0.1) is 0 Å². The van der Waals surface area contributed by atoms with E-state index in [9.17, 15) is 0 Å². The third-order valence-corrected chi connectivity index (χ3v) is 4.61. The molecule has 1 saturated carbocycles. The van der Waals surface area contributed by atoms with E-state index in [2.05, 4.69) is 16.0 Å². The van der Waals surface area contributed by atoms with Gasteiger partial charge in [0.25, 0.3) is 0 Å². The average Bonchev–Trinajstić information content (AvgIpc) is 3.08. The van der Waals surface area contributed by atoms with Crippen molar-refractivity contribution >= 4 is 5.82 Å². The summed E-state index contributed by atoms with van der Waals surface area (Å²) in [5.74, 6) is 1.86. The molecule has 3 nitrogen and oxygen atoms in total. The first kappa shape index (κ1) is 12.5. The van der Waals surface area contributed by atoms with E-state index in [0.29, 0.717) is 6.04 Å². The van der Waals surface area contributed by atoms with Crippen molar-refractivity contribution in [3.8, 4) is 6.07 Å². The number of rotatable bonds is 2. The predicted molar refractivity (Wildman–Crippen MR) is 76.0 cm³/mol. The predicted octanol–water partition coefficient (Wildman–Crippen LogP) is 3.42. The summed E-state index contributed by atoms with van der Waals surface area (Å²) in [6, 6.07) is 6.73. The Kier molecular flexibility index (Phi) is 3.42. The van der Waals surface area contributed by atoms with E-state index < -0.39 is 0 Å². The Labute approximate surface area is 115 Å². The van der Waals surface area contributed by atoms with Crippen LogP contribution in [0.25, 0.3) is 0 Å². The molecule has 2 fully saturated rings. The van der Waals surface area contributed by atoms with Gasteiger partial charge in [-0.05, 0) is 50.7 Å². The minimum Gasteiger partial charge on any atom is -0.353 e. The van der Waals surface area contributed by atoms with Crippen molar-refractivity contribution in [3.63, 3.8) is 0 Å². The molecule has 2 aliphatic rings. The van der Waals surface area contributed by atoms with E-state index in [4.69, 9.17) is 5.26 Å². The standard InChI is InChI=1S/C16H21N3/c1-12-9-13(11-17)10-16(18-12)19-8-4-7-15(19)14-5-2-3-6-14/h9-10,14-15H,2-8H2,1H3. The molecular formula is C16H21N3. The summed E-state index contributed by atoms with van der Waals surface area (Å²) in [5.41, 5.74) is 1.69. The number of aromatic nitrogens is 1. The summed E-state index contributed by atoms with van der Waals surface area (Å²) in [5, 5.41) is 9.11. The van der Waals surface area contributed by atoms with Crippen LogP contribution >= 0.6 is 0 Å². The molecule has 0 radical (unpaired) electrons. The summed E-state index contributed by atoms with van der Waals surface area (Å²) in [6.45, 7) is 3.08. The van der Waals surface area contributed by atoms with Gasteiger partial charge in [0.05, 0.1) is 11.6 Å². The van der Waals surface area contributed by atoms with Crippen molar-refractivity contribution in [2.24, 2.45) is 5.92 Å². The van der Waals surface area contributed by atoms with Crippen LogP contribution in [0, 0.1) is 24.2 Å². The summed E-state index contributed by atoms with van der Waals surface area (Å²) in [4.78, 5) is 7.12. The fourth-order valence-corrected chi connectivity index (χ4v) is 3.77. The second-order valence-corrected chi connectivity index (χ2v) is 5.91. The molecule has 19 heavy (non-hydrogen) atoms. The lowest BCUT2D eigenvalue weighted by atomic mass is 9.96. The highest BCUT2D eigenvalue weighted by Gasteiger charge is 2.34. The van der Waals surface area contributed by atoms with E-state index in [1.807, 2.05) is 19.1 Å². The van der Waals surface area contributed by atoms with E-state index in [1.165, 1.54) is 38.5 Å². The number of nitrogens with zero attached hydrogens (tertiary/aromatic N) is 3. The van der Waals surface area contributed by atoms with Gasteiger partial charge in [-0.25, -0.2) is 4.98 Å². The highest BCUT2D eigenvalue weighted by Crippen LogP contribution is 2.37. The maximum atomic E-state index is 9.11. The Morgan fingerprint density at radius 2 is 2.00 bits per heavy atom. The molecule has 100 valence electrons. The Balaban J connectivity index is 1.87. The first-order valence-corrected chi connectivity index (χ1v) is 7.43. The van der Waals surface area contributed by atoms with Gasteiger partial charge in [-0.3, -0.25) is 0 Å². The van der Waals surface area contributed by atoms with Crippen LogP contribution < -0.4 is 4.90 Å². The minimum atomic E-state index is 0.656. The Bertz CT molecular complexity index is 497. The first-order valence-electron chi connectivity index (χ1n) is 7.43. The normalized spacial score (nSPS) is 23.8. The molecule has 1 atom stereocenters. The minimum absolute atomic E-state index is 0.656. The number of nitriles is 1. The van der Waals surface area contributed by atoms with Gasteiger partial charge in [0.2, 0.25) is 0 Å². The van der Waals surface area contributed by atoms with Crippen LogP contribution in [0.2, 0.25) is 0 Å². The lowest BCUT2D eigenvalue weighted by Gasteiger charge is -2.30. The number of hydrogen-bond acceptors (Lipinski definition) is 3. The number of pyridine rings is 1. The molecule has 0 bridgehead atoms. The van der Waals surface area contributed by atoms with Gasteiger partial charge in [0.15, 0.2) is 0 Å². The number of hydrogen-bond donors (Lipinski definition) is 0. The number of anilines is 1. The largest absolute Gasteiger partial charge is 0.353 e. The van der Waals surface area contributed by atoms with Crippen molar-refractivity contribution in [1.29, 1.82) is 5.26 Å². The van der Waals surface area contributed by atoms with Crippen LogP contribution in [0.3, 0.4) is 0 Å². The highest BCUT2D eigenvalue weighted by atomic mass is 15.2. The van der Waals surface area contributed by atoms with Gasteiger partial charge in [-0.1, -0.05) is 12.8 Å². The summed E-state index contributed by atoms with van der Waals surface area (Å²) >= 11 is 0. The molecule has 2 heterocycles. The fraction of sp³-hybridized carbons (Fsp3) is 0.625. The fourth-order valence-electron chi connectivity index (χ4n) is 3.77. The molecule has 0 spiro atoms. The van der Waals surface area contributed by atoms with Gasteiger partial charge < -0.3 is 4.90 Å². The molecule has 1 saturated heterocycles. The third-order valence-electron chi connectivity index (χ3n) is 4.61. The SMILES string of the molecule is Cc1cc(C#N)cc(N2CCCC2C2CCCC2)n1. The number of aryl methyl sites for hydroxylation is 1. The zero-order valence-electron chi connectivity index (χ0n) is 11.6. The van der Waals surface area contributed by atoms with Crippen LogP contribution in [-0.4, -0.2) is 17.6 Å². The topological polar surface area (TPSA) is 39.9 Å². The van der Waals surface area contributed by atoms with Crippen LogP contribution in [0.4, 0.5) is 5.82 Å². The van der Waals surface area contributed by atoms with Gasteiger partial charge in [0, 0.05) is 18.3 Å². The molecule has 1 aliphatic heterocycles. The van der Waals surface area contributed by atoms with E-state index in [1.54, 1.807) is 0 Å². The molecular weight excluding hydrogens is 234 g/mol. The third kappa shape index (κ3) is 2.45. The Morgan fingerprint density at radius 3 is 2.74 bits per heavy atom. The molecule has 1 aromatic heterocycles. The Hall–Kier alpha value is -1.56. The van der Waals surface area contributed by atoms with E-state index >= 15 is 0 Å². The smallest absolute Gasteiger partial charge is 0.130 e. The molecule has 1 aliphatic carbocycles. The van der Waals surface area contributed by atoms with E-state index in [0.717, 1.165) is 29.5 Å². The second kappa shape index (κ2) is 5.21. The molecule has 3 rings (SSSR count). The summed E-state index contributed by atoms with van der Waals surface area (Å²) in [7, 11) is 0. The first-order chi connectivity index (χ1) is 9.28. The highest BCUT2D eigenvalue weighted by molar-refractivity contribution is 5.48. The average molecular weight is 255 g/mol. The van der Waals surface area contributed by atoms with Crippen molar-refractivity contribution < 1.29 is 0 Å². The summed E-state index contributed by atoms with van der Waals surface area (Å²) < 4.78 is 0. The molecule has 3 heteroatoms. The second-order valence-electron chi connectivity index (χ2n) is 5.91.